The molecule has 0 radical (unpaired) electrons. The van der Waals surface area contributed by atoms with Crippen LogP contribution in [0.25, 0.3) is 0 Å². The van der Waals surface area contributed by atoms with Crippen LogP contribution in [-0.2, 0) is 11.2 Å². The quantitative estimate of drug-likeness (QED) is 0.797. The number of benzene rings is 1. The highest BCUT2D eigenvalue weighted by Crippen LogP contribution is 2.27. The highest BCUT2D eigenvalue weighted by atomic mass is 16.5. The number of carbonyl (C=O) groups excluding carboxylic acids is 1. The van der Waals surface area contributed by atoms with Crippen LogP contribution in [-0.4, -0.2) is 50.3 Å². The summed E-state index contributed by atoms with van der Waals surface area (Å²) in [6.07, 6.45) is 0.799. The Morgan fingerprint density at radius 3 is 2.62 bits per heavy atom. The summed E-state index contributed by atoms with van der Waals surface area (Å²) in [5.41, 5.74) is 1.12. The summed E-state index contributed by atoms with van der Waals surface area (Å²) in [6, 6.07) is 7.51. The van der Waals surface area contributed by atoms with E-state index < -0.39 is 0 Å². The number of nitrogens with one attached hydrogen (secondary N) is 1. The normalized spacial score (nSPS) is 10.7. The lowest BCUT2D eigenvalue weighted by atomic mass is 10.1. The number of anilines is 1. The van der Waals surface area contributed by atoms with Gasteiger partial charge in [0.2, 0.25) is 5.91 Å². The van der Waals surface area contributed by atoms with Crippen LogP contribution in [0.15, 0.2) is 28.8 Å². The molecule has 0 aliphatic rings. The number of aryl methyl sites for hydroxylation is 1. The molecule has 1 aromatic heterocycles. The molecule has 130 valence electrons. The number of likely N-dealkylation sites (N-methyl/N-ethyl adjacent to an activating group) is 1. The van der Waals surface area contributed by atoms with Crippen molar-refractivity contribution in [1.82, 2.24) is 10.1 Å². The standard InChI is InChI=1S/C17H23N3O4/c1-12-9-16(19-24-12)18-17(21)11-20(2)8-7-13-5-6-14(22-3)15(10-13)23-4/h5-6,9-10H,7-8,11H2,1-4H3,(H,18,19,21). The van der Waals surface area contributed by atoms with E-state index in [1.165, 1.54) is 0 Å². The van der Waals surface area contributed by atoms with Crippen molar-refractivity contribution in [3.63, 3.8) is 0 Å². The van der Waals surface area contributed by atoms with Gasteiger partial charge < -0.3 is 19.3 Å². The molecule has 0 atom stereocenters. The molecule has 1 amide bonds. The van der Waals surface area contributed by atoms with E-state index in [9.17, 15) is 4.79 Å². The molecule has 7 nitrogen and oxygen atoms in total. The van der Waals surface area contributed by atoms with Crippen LogP contribution < -0.4 is 14.8 Å². The number of nitrogens with zero attached hydrogens (tertiary/aromatic N) is 2. The van der Waals surface area contributed by atoms with Gasteiger partial charge in [-0.05, 0) is 38.1 Å². The Morgan fingerprint density at radius 1 is 1.25 bits per heavy atom. The lowest BCUT2D eigenvalue weighted by Gasteiger charge is -2.16. The lowest BCUT2D eigenvalue weighted by molar-refractivity contribution is -0.117. The van der Waals surface area contributed by atoms with Crippen LogP contribution in [0.3, 0.4) is 0 Å². The van der Waals surface area contributed by atoms with Crippen molar-refractivity contribution in [2.75, 3.05) is 39.7 Å². The number of amides is 1. The summed E-state index contributed by atoms with van der Waals surface area (Å²) in [5.74, 6) is 2.38. The average Bonchev–Trinajstić information content (AvgIpc) is 2.97. The third kappa shape index (κ3) is 4.99. The van der Waals surface area contributed by atoms with Gasteiger partial charge in [-0.3, -0.25) is 9.69 Å². The van der Waals surface area contributed by atoms with E-state index in [0.717, 1.165) is 18.5 Å². The molecule has 0 bridgehead atoms. The molecule has 1 aromatic carbocycles. The maximum absolute atomic E-state index is 12.0. The SMILES string of the molecule is COc1ccc(CCN(C)CC(=O)Nc2cc(C)on2)cc1OC. The Balaban J connectivity index is 1.82. The van der Waals surface area contributed by atoms with Crippen molar-refractivity contribution < 1.29 is 18.8 Å². The van der Waals surface area contributed by atoms with Crippen LogP contribution in [0.5, 0.6) is 11.5 Å². The number of ether oxygens (including phenoxy) is 2. The fourth-order valence-electron chi connectivity index (χ4n) is 2.29. The summed E-state index contributed by atoms with van der Waals surface area (Å²) in [5, 5.41) is 6.44. The van der Waals surface area contributed by atoms with Crippen molar-refractivity contribution in [3.05, 3.63) is 35.6 Å². The van der Waals surface area contributed by atoms with Crippen LogP contribution in [0.2, 0.25) is 0 Å². The highest BCUT2D eigenvalue weighted by Gasteiger charge is 2.10. The number of hydrogen-bond acceptors (Lipinski definition) is 6. The maximum Gasteiger partial charge on any atom is 0.239 e. The molecule has 1 N–H and O–H groups in total. The lowest BCUT2D eigenvalue weighted by Crippen LogP contribution is -2.31. The Hall–Kier alpha value is -2.54. The molecule has 7 heteroatoms. The van der Waals surface area contributed by atoms with Crippen molar-refractivity contribution in [2.24, 2.45) is 0 Å². The topological polar surface area (TPSA) is 76.8 Å². The minimum atomic E-state index is -0.127. The first-order valence-electron chi connectivity index (χ1n) is 7.64. The van der Waals surface area contributed by atoms with Gasteiger partial charge in [0.05, 0.1) is 20.8 Å². The summed E-state index contributed by atoms with van der Waals surface area (Å²) in [4.78, 5) is 13.9. The van der Waals surface area contributed by atoms with E-state index >= 15 is 0 Å². The first-order chi connectivity index (χ1) is 11.5. The minimum Gasteiger partial charge on any atom is -0.493 e. The van der Waals surface area contributed by atoms with E-state index in [4.69, 9.17) is 14.0 Å². The molecular formula is C17H23N3O4. The number of hydrogen-bond donors (Lipinski definition) is 1. The van der Waals surface area contributed by atoms with E-state index in [0.29, 0.717) is 23.1 Å². The third-order valence-electron chi connectivity index (χ3n) is 3.54. The number of rotatable bonds is 8. The average molecular weight is 333 g/mol. The molecule has 2 aromatic rings. The second-order valence-electron chi connectivity index (χ2n) is 5.55. The second-order valence-corrected chi connectivity index (χ2v) is 5.55. The van der Waals surface area contributed by atoms with E-state index in [2.05, 4.69) is 10.5 Å². The van der Waals surface area contributed by atoms with E-state index in [-0.39, 0.29) is 12.5 Å². The molecule has 0 aliphatic carbocycles. The summed E-state index contributed by atoms with van der Waals surface area (Å²) < 4.78 is 15.4. The second kappa shape index (κ2) is 8.35. The number of aromatic nitrogens is 1. The van der Waals surface area contributed by atoms with E-state index in [1.54, 1.807) is 27.2 Å². The molecule has 0 fully saturated rings. The fraction of sp³-hybridized carbons (Fsp3) is 0.412. The first-order valence-corrected chi connectivity index (χ1v) is 7.64. The molecule has 24 heavy (non-hydrogen) atoms. The zero-order valence-corrected chi connectivity index (χ0v) is 14.5. The fourth-order valence-corrected chi connectivity index (χ4v) is 2.29. The molecule has 0 spiro atoms. The maximum atomic E-state index is 12.0. The molecule has 0 unspecified atom stereocenters. The van der Waals surface area contributed by atoms with Crippen LogP contribution in [0.4, 0.5) is 5.82 Å². The van der Waals surface area contributed by atoms with Gasteiger partial charge in [-0.15, -0.1) is 0 Å². The molecular weight excluding hydrogens is 310 g/mol. The number of carbonyl (C=O) groups is 1. The minimum absolute atomic E-state index is 0.127. The third-order valence-corrected chi connectivity index (χ3v) is 3.54. The molecule has 0 saturated heterocycles. The van der Waals surface area contributed by atoms with Crippen LogP contribution in [0.1, 0.15) is 11.3 Å². The largest absolute Gasteiger partial charge is 0.493 e. The molecule has 1 heterocycles. The predicted molar refractivity (Wildman–Crippen MR) is 90.6 cm³/mol. The van der Waals surface area contributed by atoms with Crippen molar-refractivity contribution in [1.29, 1.82) is 0 Å². The Bertz CT molecular complexity index is 684. The van der Waals surface area contributed by atoms with E-state index in [1.807, 2.05) is 30.1 Å². The Labute approximate surface area is 141 Å². The summed E-state index contributed by atoms with van der Waals surface area (Å²) in [7, 11) is 5.12. The van der Waals surface area contributed by atoms with Gasteiger partial charge >= 0.3 is 0 Å². The van der Waals surface area contributed by atoms with Gasteiger partial charge in [-0.25, -0.2) is 0 Å². The highest BCUT2D eigenvalue weighted by molar-refractivity contribution is 5.91. The predicted octanol–water partition coefficient (Wildman–Crippen LogP) is 2.11. The summed E-state index contributed by atoms with van der Waals surface area (Å²) in [6.45, 7) is 2.79. The monoisotopic (exact) mass is 333 g/mol. The van der Waals surface area contributed by atoms with Crippen molar-refractivity contribution in [3.8, 4) is 11.5 Å². The smallest absolute Gasteiger partial charge is 0.239 e. The zero-order chi connectivity index (χ0) is 17.5. The number of methoxy groups -OCH3 is 2. The Kier molecular flexibility index (Phi) is 6.20. The van der Waals surface area contributed by atoms with Crippen LogP contribution >= 0.6 is 0 Å². The first kappa shape index (κ1) is 17.8. The van der Waals surface area contributed by atoms with Gasteiger partial charge in [0.15, 0.2) is 17.3 Å². The molecule has 0 saturated carbocycles. The van der Waals surface area contributed by atoms with Gasteiger partial charge in [0.1, 0.15) is 5.76 Å². The van der Waals surface area contributed by atoms with Crippen molar-refractivity contribution >= 4 is 11.7 Å². The Morgan fingerprint density at radius 2 is 2.00 bits per heavy atom. The molecule has 2 rings (SSSR count). The van der Waals surface area contributed by atoms with Gasteiger partial charge in [-0.2, -0.15) is 0 Å². The zero-order valence-electron chi connectivity index (χ0n) is 14.5. The molecule has 0 aliphatic heterocycles. The van der Waals surface area contributed by atoms with Crippen LogP contribution in [0, 0.1) is 6.92 Å². The summed E-state index contributed by atoms with van der Waals surface area (Å²) >= 11 is 0. The van der Waals surface area contributed by atoms with Gasteiger partial charge in [-0.1, -0.05) is 11.2 Å². The van der Waals surface area contributed by atoms with Gasteiger partial charge in [0, 0.05) is 12.6 Å². The van der Waals surface area contributed by atoms with Gasteiger partial charge in [0.25, 0.3) is 0 Å². The van der Waals surface area contributed by atoms with Crippen molar-refractivity contribution in [2.45, 2.75) is 13.3 Å².